The van der Waals surface area contributed by atoms with Gasteiger partial charge in [0.15, 0.2) is 5.82 Å². The molecule has 0 aliphatic carbocycles. The second kappa shape index (κ2) is 3.90. The normalized spacial score (nSPS) is 10.6. The predicted molar refractivity (Wildman–Crippen MR) is 68.9 cm³/mol. The van der Waals surface area contributed by atoms with E-state index in [2.05, 4.69) is 20.3 Å². The summed E-state index contributed by atoms with van der Waals surface area (Å²) in [5.74, 6) is 0.800. The first-order chi connectivity index (χ1) is 8.36. The number of aromatic nitrogens is 3. The number of aromatic amines is 1. The van der Waals surface area contributed by atoms with E-state index in [1.165, 1.54) is 0 Å². The molecule has 0 atom stereocenters. The van der Waals surface area contributed by atoms with Gasteiger partial charge in [-0.15, -0.1) is 0 Å². The summed E-state index contributed by atoms with van der Waals surface area (Å²) in [6.45, 7) is 0. The highest BCUT2D eigenvalue weighted by molar-refractivity contribution is 5.82. The van der Waals surface area contributed by atoms with Crippen LogP contribution in [-0.4, -0.2) is 22.0 Å². The Morgan fingerprint density at radius 1 is 1.18 bits per heavy atom. The minimum Gasteiger partial charge on any atom is -0.388 e. The summed E-state index contributed by atoms with van der Waals surface area (Å²) in [4.78, 5) is 12.1. The van der Waals surface area contributed by atoms with Crippen LogP contribution in [0, 0.1) is 0 Å². The Bertz CT molecular complexity index is 643. The van der Waals surface area contributed by atoms with Crippen molar-refractivity contribution in [3.63, 3.8) is 0 Å². The Hall–Kier alpha value is -2.36. The van der Waals surface area contributed by atoms with Gasteiger partial charge in [0, 0.05) is 18.9 Å². The predicted octanol–water partition coefficient (Wildman–Crippen LogP) is 2.67. The standard InChI is InChI=1S/C13H12N4/c1-14-9-5-6-10-12(8-9)17-13(16-10)11-4-2-3-7-15-11/h2-8,14H,1H3,(H,16,17). The van der Waals surface area contributed by atoms with Crippen molar-refractivity contribution in [1.82, 2.24) is 15.0 Å². The zero-order chi connectivity index (χ0) is 11.7. The van der Waals surface area contributed by atoms with Gasteiger partial charge in [0.2, 0.25) is 0 Å². The van der Waals surface area contributed by atoms with Crippen LogP contribution >= 0.6 is 0 Å². The monoisotopic (exact) mass is 224 g/mol. The first kappa shape index (κ1) is 9.84. The van der Waals surface area contributed by atoms with Crippen LogP contribution in [0.2, 0.25) is 0 Å². The van der Waals surface area contributed by atoms with Crippen LogP contribution in [0.5, 0.6) is 0 Å². The number of imidazole rings is 1. The summed E-state index contributed by atoms with van der Waals surface area (Å²) in [5, 5.41) is 3.10. The van der Waals surface area contributed by atoms with Gasteiger partial charge in [0.1, 0.15) is 5.69 Å². The summed E-state index contributed by atoms with van der Waals surface area (Å²) in [7, 11) is 1.90. The van der Waals surface area contributed by atoms with E-state index < -0.39 is 0 Å². The fraction of sp³-hybridized carbons (Fsp3) is 0.0769. The van der Waals surface area contributed by atoms with E-state index in [1.54, 1.807) is 6.20 Å². The van der Waals surface area contributed by atoms with E-state index >= 15 is 0 Å². The molecule has 4 heteroatoms. The van der Waals surface area contributed by atoms with Crippen LogP contribution in [0.1, 0.15) is 0 Å². The lowest BCUT2D eigenvalue weighted by molar-refractivity contribution is 1.24. The molecule has 0 saturated heterocycles. The molecule has 0 bridgehead atoms. The Balaban J connectivity index is 2.14. The summed E-state index contributed by atoms with van der Waals surface area (Å²) in [5.41, 5.74) is 3.88. The second-order valence-corrected chi connectivity index (χ2v) is 3.78. The molecule has 3 aromatic rings. The molecule has 3 rings (SSSR count). The zero-order valence-corrected chi connectivity index (χ0v) is 9.44. The van der Waals surface area contributed by atoms with Crippen molar-refractivity contribution >= 4 is 16.7 Å². The maximum absolute atomic E-state index is 4.51. The van der Waals surface area contributed by atoms with Crippen LogP contribution in [0.4, 0.5) is 5.69 Å². The Morgan fingerprint density at radius 3 is 2.88 bits per heavy atom. The van der Waals surface area contributed by atoms with Crippen LogP contribution in [0.15, 0.2) is 42.6 Å². The van der Waals surface area contributed by atoms with Crippen molar-refractivity contribution in [3.8, 4) is 11.5 Å². The molecular formula is C13H12N4. The Kier molecular flexibility index (Phi) is 2.26. The lowest BCUT2D eigenvalue weighted by atomic mass is 10.3. The number of anilines is 1. The first-order valence-electron chi connectivity index (χ1n) is 5.46. The van der Waals surface area contributed by atoms with Crippen LogP contribution < -0.4 is 5.32 Å². The van der Waals surface area contributed by atoms with E-state index in [4.69, 9.17) is 0 Å². The molecule has 0 saturated carbocycles. The average molecular weight is 224 g/mol. The third-order valence-corrected chi connectivity index (χ3v) is 2.68. The van der Waals surface area contributed by atoms with E-state index in [0.29, 0.717) is 0 Å². The molecule has 0 radical (unpaired) electrons. The van der Waals surface area contributed by atoms with Crippen LogP contribution in [0.3, 0.4) is 0 Å². The van der Waals surface area contributed by atoms with E-state index in [-0.39, 0.29) is 0 Å². The summed E-state index contributed by atoms with van der Waals surface area (Å²) in [6, 6.07) is 11.8. The molecule has 0 amide bonds. The van der Waals surface area contributed by atoms with E-state index in [1.807, 2.05) is 43.4 Å². The summed E-state index contributed by atoms with van der Waals surface area (Å²) in [6.07, 6.45) is 1.77. The minimum absolute atomic E-state index is 0.800. The van der Waals surface area contributed by atoms with Gasteiger partial charge >= 0.3 is 0 Å². The number of nitrogens with one attached hydrogen (secondary N) is 2. The number of hydrogen-bond acceptors (Lipinski definition) is 3. The fourth-order valence-electron chi connectivity index (χ4n) is 1.79. The first-order valence-corrected chi connectivity index (χ1v) is 5.46. The van der Waals surface area contributed by atoms with Crippen molar-refractivity contribution < 1.29 is 0 Å². The van der Waals surface area contributed by atoms with Gasteiger partial charge in [-0.25, -0.2) is 4.98 Å². The molecule has 0 spiro atoms. The molecule has 4 nitrogen and oxygen atoms in total. The molecule has 2 aromatic heterocycles. The topological polar surface area (TPSA) is 53.6 Å². The third-order valence-electron chi connectivity index (χ3n) is 2.68. The number of benzene rings is 1. The van der Waals surface area contributed by atoms with Gasteiger partial charge in [0.05, 0.1) is 11.0 Å². The number of rotatable bonds is 2. The lowest BCUT2D eigenvalue weighted by Crippen LogP contribution is -1.86. The minimum atomic E-state index is 0.800. The van der Waals surface area contributed by atoms with Crippen molar-refractivity contribution in [2.75, 3.05) is 12.4 Å². The van der Waals surface area contributed by atoms with Crippen molar-refractivity contribution in [1.29, 1.82) is 0 Å². The lowest BCUT2D eigenvalue weighted by Gasteiger charge is -1.97. The molecular weight excluding hydrogens is 212 g/mol. The maximum Gasteiger partial charge on any atom is 0.157 e. The highest BCUT2D eigenvalue weighted by Gasteiger charge is 2.05. The zero-order valence-electron chi connectivity index (χ0n) is 9.44. The van der Waals surface area contributed by atoms with Crippen LogP contribution in [0.25, 0.3) is 22.6 Å². The molecule has 0 unspecified atom stereocenters. The molecule has 2 heterocycles. The van der Waals surface area contributed by atoms with Crippen molar-refractivity contribution in [2.24, 2.45) is 0 Å². The summed E-state index contributed by atoms with van der Waals surface area (Å²) < 4.78 is 0. The highest BCUT2D eigenvalue weighted by Crippen LogP contribution is 2.21. The molecule has 0 aliphatic heterocycles. The molecule has 2 N–H and O–H groups in total. The molecule has 17 heavy (non-hydrogen) atoms. The second-order valence-electron chi connectivity index (χ2n) is 3.78. The SMILES string of the molecule is CNc1ccc2nc(-c3ccccn3)[nH]c2c1. The number of nitrogens with zero attached hydrogens (tertiary/aromatic N) is 2. The van der Waals surface area contributed by atoms with E-state index in [0.717, 1.165) is 28.2 Å². The van der Waals surface area contributed by atoms with Gasteiger partial charge < -0.3 is 10.3 Å². The number of fused-ring (bicyclic) bond motifs is 1. The third kappa shape index (κ3) is 1.73. The van der Waals surface area contributed by atoms with Gasteiger partial charge in [-0.3, -0.25) is 4.98 Å². The fourth-order valence-corrected chi connectivity index (χ4v) is 1.79. The quantitative estimate of drug-likeness (QED) is 0.703. The molecule has 0 fully saturated rings. The maximum atomic E-state index is 4.51. The number of hydrogen-bond donors (Lipinski definition) is 2. The summed E-state index contributed by atoms with van der Waals surface area (Å²) >= 11 is 0. The van der Waals surface area contributed by atoms with E-state index in [9.17, 15) is 0 Å². The largest absolute Gasteiger partial charge is 0.388 e. The Morgan fingerprint density at radius 2 is 2.12 bits per heavy atom. The van der Waals surface area contributed by atoms with Gasteiger partial charge in [-0.2, -0.15) is 0 Å². The number of H-pyrrole nitrogens is 1. The highest BCUT2D eigenvalue weighted by atomic mass is 14.9. The van der Waals surface area contributed by atoms with Crippen LogP contribution in [-0.2, 0) is 0 Å². The molecule has 84 valence electrons. The molecule has 1 aromatic carbocycles. The van der Waals surface area contributed by atoms with Gasteiger partial charge in [-0.05, 0) is 30.3 Å². The van der Waals surface area contributed by atoms with Gasteiger partial charge in [0.25, 0.3) is 0 Å². The average Bonchev–Trinajstić information content (AvgIpc) is 2.82. The number of pyridine rings is 1. The van der Waals surface area contributed by atoms with Gasteiger partial charge in [-0.1, -0.05) is 6.07 Å². The molecule has 0 aliphatic rings. The smallest absolute Gasteiger partial charge is 0.157 e. The van der Waals surface area contributed by atoms with Crippen molar-refractivity contribution in [3.05, 3.63) is 42.6 Å². The van der Waals surface area contributed by atoms with Crippen molar-refractivity contribution in [2.45, 2.75) is 0 Å². The Labute approximate surface area is 98.7 Å².